The smallest absolute Gasteiger partial charge is 0.410 e. The van der Waals surface area contributed by atoms with Gasteiger partial charge in [0.2, 0.25) is 0 Å². The number of nitrogens with one attached hydrogen (secondary N) is 1. The number of likely N-dealkylation sites (tertiary alicyclic amines) is 1. The highest BCUT2D eigenvalue weighted by atomic mass is 35.5. The van der Waals surface area contributed by atoms with Gasteiger partial charge >= 0.3 is 12.3 Å². The van der Waals surface area contributed by atoms with Crippen LogP contribution in [0.1, 0.15) is 47.3 Å². The molecule has 46 heavy (non-hydrogen) atoms. The minimum Gasteiger partial charge on any atom is -0.410 e. The summed E-state index contributed by atoms with van der Waals surface area (Å²) in [5.41, 5.74) is -2.22. The van der Waals surface area contributed by atoms with Crippen LogP contribution in [-0.2, 0) is 11.0 Å². The second-order valence-corrected chi connectivity index (χ2v) is 11.6. The van der Waals surface area contributed by atoms with Crippen molar-refractivity contribution in [3.63, 3.8) is 0 Å². The lowest BCUT2D eigenvalue weighted by Crippen LogP contribution is -2.64. The average molecular weight is 665 g/mol. The molecule has 2 aliphatic rings. The zero-order valence-corrected chi connectivity index (χ0v) is 25.4. The first-order valence-corrected chi connectivity index (χ1v) is 15.0. The summed E-state index contributed by atoms with van der Waals surface area (Å²) in [5.74, 6) is -3.35. The number of carbonyl (C=O) groups is 3. The number of halogens is 6. The van der Waals surface area contributed by atoms with Crippen LogP contribution in [0.5, 0.6) is 5.75 Å². The summed E-state index contributed by atoms with van der Waals surface area (Å²) in [5, 5.41) is 3.09. The molecule has 3 aromatic rings. The number of Topliss-reactive ketones (excluding diaryl/α,β-unsaturated/α-hetero) is 1. The van der Waals surface area contributed by atoms with Crippen LogP contribution in [0.15, 0.2) is 60.8 Å². The molecular formula is C32H30ClF5N4O4. The third kappa shape index (κ3) is 6.57. The molecule has 2 amide bonds. The summed E-state index contributed by atoms with van der Waals surface area (Å²) < 4.78 is 72.5. The van der Waals surface area contributed by atoms with Crippen LogP contribution in [0, 0.1) is 17.6 Å². The van der Waals surface area contributed by atoms with Crippen LogP contribution in [0.4, 0.5) is 26.7 Å². The predicted octanol–water partition coefficient (Wildman–Crippen LogP) is 6.10. The molecule has 3 heterocycles. The first kappa shape index (κ1) is 33.3. The summed E-state index contributed by atoms with van der Waals surface area (Å²) >= 11 is 5.94. The van der Waals surface area contributed by atoms with Crippen molar-refractivity contribution in [3.8, 4) is 5.75 Å². The van der Waals surface area contributed by atoms with E-state index in [0.717, 1.165) is 24.3 Å². The minimum atomic E-state index is -4.59. The monoisotopic (exact) mass is 664 g/mol. The summed E-state index contributed by atoms with van der Waals surface area (Å²) in [4.78, 5) is 47.8. The van der Waals surface area contributed by atoms with Crippen LogP contribution in [-0.4, -0.2) is 70.8 Å². The minimum absolute atomic E-state index is 0.0295. The molecule has 2 aromatic carbocycles. The van der Waals surface area contributed by atoms with E-state index in [1.807, 2.05) is 0 Å². The van der Waals surface area contributed by atoms with Crippen molar-refractivity contribution in [2.24, 2.45) is 5.92 Å². The molecule has 2 fully saturated rings. The third-order valence-corrected chi connectivity index (χ3v) is 8.90. The van der Waals surface area contributed by atoms with E-state index in [2.05, 4.69) is 10.3 Å². The van der Waals surface area contributed by atoms with E-state index in [1.165, 1.54) is 34.1 Å². The van der Waals surface area contributed by atoms with Crippen molar-refractivity contribution in [2.45, 2.75) is 37.4 Å². The number of hydrogen-bond donors (Lipinski definition) is 1. The van der Waals surface area contributed by atoms with Gasteiger partial charge in [0, 0.05) is 50.8 Å². The van der Waals surface area contributed by atoms with Gasteiger partial charge in [-0.05, 0) is 73.9 Å². The van der Waals surface area contributed by atoms with Gasteiger partial charge in [-0.2, -0.15) is 13.2 Å². The fourth-order valence-electron chi connectivity index (χ4n) is 6.28. The Morgan fingerprint density at radius 3 is 2.35 bits per heavy atom. The van der Waals surface area contributed by atoms with Gasteiger partial charge in [0.1, 0.15) is 28.6 Å². The number of pyridine rings is 1. The van der Waals surface area contributed by atoms with Crippen molar-refractivity contribution >= 4 is 29.4 Å². The number of rotatable bonds is 7. The second kappa shape index (κ2) is 13.3. The maximum absolute atomic E-state index is 14.7. The number of carbonyl (C=O) groups excluding carboxylic acids is 3. The van der Waals surface area contributed by atoms with Crippen LogP contribution >= 0.6 is 11.6 Å². The highest BCUT2D eigenvalue weighted by Gasteiger charge is 2.57. The normalized spacial score (nSPS) is 20.4. The fourth-order valence-corrected chi connectivity index (χ4v) is 6.40. The number of amides is 2. The zero-order chi connectivity index (χ0) is 33.2. The Morgan fingerprint density at radius 1 is 1.07 bits per heavy atom. The lowest BCUT2D eigenvalue weighted by molar-refractivity contribution is -0.138. The standard InChI is InChI=1S/C32H30ClF5N4O4/c1-2-42(30(45)46-23-7-5-22(34)6-8-23)31(18-39-17-24(31)20-3-9-25(33)26(35)15-20)28(43)19-11-13-41(14-12-19)29(44)27-10-4-21(16-40-27)32(36,37)38/h3-10,15-16,19,24,39H,2,11-14,17-18H2,1H3/t24-,31+/m0/s1. The molecule has 0 unspecified atom stereocenters. The van der Waals surface area contributed by atoms with E-state index in [0.29, 0.717) is 11.8 Å². The fraction of sp³-hybridized carbons (Fsp3) is 0.375. The first-order chi connectivity index (χ1) is 21.8. The number of ketones is 1. The molecule has 2 aliphatic heterocycles. The highest BCUT2D eigenvalue weighted by molar-refractivity contribution is 6.30. The molecule has 1 aromatic heterocycles. The van der Waals surface area contributed by atoms with E-state index in [1.54, 1.807) is 13.0 Å². The Bertz CT molecular complexity index is 1600. The molecule has 0 radical (unpaired) electrons. The predicted molar refractivity (Wildman–Crippen MR) is 157 cm³/mol. The molecule has 0 saturated carbocycles. The molecule has 14 heteroatoms. The number of aromatic nitrogens is 1. The molecule has 8 nitrogen and oxygen atoms in total. The number of benzene rings is 2. The van der Waals surface area contributed by atoms with E-state index in [4.69, 9.17) is 16.3 Å². The number of alkyl halides is 3. The average Bonchev–Trinajstić information content (AvgIpc) is 3.48. The number of likely N-dealkylation sites (N-methyl/N-ethyl adjacent to an activating group) is 1. The second-order valence-electron chi connectivity index (χ2n) is 11.2. The van der Waals surface area contributed by atoms with Gasteiger partial charge in [-0.15, -0.1) is 0 Å². The SMILES string of the molecule is CCN(C(=O)Oc1ccc(F)cc1)[C@]1(C(=O)C2CCN(C(=O)c3ccc(C(F)(F)F)cn3)CC2)CNC[C@H]1c1ccc(Cl)c(F)c1. The Hall–Kier alpha value is -4.10. The lowest BCUT2D eigenvalue weighted by atomic mass is 9.71. The van der Waals surface area contributed by atoms with E-state index < -0.39 is 52.7 Å². The summed E-state index contributed by atoms with van der Waals surface area (Å²) in [6, 6.07) is 10.9. The molecule has 0 aliphatic carbocycles. The summed E-state index contributed by atoms with van der Waals surface area (Å²) in [6.07, 6.45) is -4.43. The van der Waals surface area contributed by atoms with E-state index in [9.17, 15) is 36.3 Å². The van der Waals surface area contributed by atoms with Gasteiger partial charge in [0.15, 0.2) is 5.78 Å². The van der Waals surface area contributed by atoms with Crippen LogP contribution in [0.25, 0.3) is 0 Å². The summed E-state index contributed by atoms with van der Waals surface area (Å²) in [7, 11) is 0. The Balaban J connectivity index is 1.41. The van der Waals surface area contributed by atoms with Gasteiger partial charge < -0.3 is 15.0 Å². The van der Waals surface area contributed by atoms with Gasteiger partial charge in [-0.1, -0.05) is 17.7 Å². The molecule has 244 valence electrons. The molecule has 2 saturated heterocycles. The highest BCUT2D eigenvalue weighted by Crippen LogP contribution is 2.42. The lowest BCUT2D eigenvalue weighted by Gasteiger charge is -2.45. The molecule has 5 rings (SSSR count). The number of piperidine rings is 1. The van der Waals surface area contributed by atoms with Crippen molar-refractivity contribution in [2.75, 3.05) is 32.7 Å². The topological polar surface area (TPSA) is 91.8 Å². The number of nitrogens with zero attached hydrogens (tertiary/aromatic N) is 3. The van der Waals surface area contributed by atoms with Crippen molar-refractivity contribution < 1.29 is 41.1 Å². The summed E-state index contributed by atoms with van der Waals surface area (Å²) in [6.45, 7) is 2.21. The van der Waals surface area contributed by atoms with Crippen molar-refractivity contribution in [3.05, 3.63) is 94.3 Å². The van der Waals surface area contributed by atoms with Gasteiger partial charge in [-0.25, -0.2) is 13.6 Å². The Morgan fingerprint density at radius 2 is 1.76 bits per heavy atom. The maximum Gasteiger partial charge on any atom is 0.417 e. The number of hydrogen-bond acceptors (Lipinski definition) is 6. The number of ether oxygens (including phenoxy) is 1. The maximum atomic E-state index is 14.7. The largest absolute Gasteiger partial charge is 0.417 e. The van der Waals surface area contributed by atoms with E-state index >= 15 is 0 Å². The van der Waals surface area contributed by atoms with Crippen LogP contribution < -0.4 is 10.1 Å². The van der Waals surface area contributed by atoms with Crippen molar-refractivity contribution in [1.29, 1.82) is 0 Å². The van der Waals surface area contributed by atoms with Crippen LogP contribution in [0.3, 0.4) is 0 Å². The molecular weight excluding hydrogens is 635 g/mol. The zero-order valence-electron chi connectivity index (χ0n) is 24.6. The quantitative estimate of drug-likeness (QED) is 0.307. The third-order valence-electron chi connectivity index (χ3n) is 8.59. The molecule has 0 spiro atoms. The molecule has 1 N–H and O–H groups in total. The molecule has 2 atom stereocenters. The van der Waals surface area contributed by atoms with Crippen LogP contribution in [0.2, 0.25) is 5.02 Å². The van der Waals surface area contributed by atoms with Gasteiger partial charge in [0.25, 0.3) is 5.91 Å². The molecule has 0 bridgehead atoms. The Kier molecular flexibility index (Phi) is 9.64. The van der Waals surface area contributed by atoms with Gasteiger partial charge in [-0.3, -0.25) is 19.5 Å². The van der Waals surface area contributed by atoms with Gasteiger partial charge in [0.05, 0.1) is 10.6 Å². The first-order valence-electron chi connectivity index (χ1n) is 14.6. The van der Waals surface area contributed by atoms with Crippen molar-refractivity contribution in [1.82, 2.24) is 20.1 Å². The Labute approximate surface area is 266 Å². The van der Waals surface area contributed by atoms with E-state index in [-0.39, 0.29) is 67.8 Å².